The lowest BCUT2D eigenvalue weighted by atomic mass is 10.1. The highest BCUT2D eigenvalue weighted by Gasteiger charge is 2.25. The molecular weight excluding hydrogens is 487 g/mol. The molecule has 0 radical (unpaired) electrons. The molecule has 1 aromatic rings. The van der Waals surface area contributed by atoms with E-state index in [0.29, 0.717) is 5.92 Å². The van der Waals surface area contributed by atoms with Gasteiger partial charge in [0.05, 0.1) is 6.61 Å². The molecule has 0 spiro atoms. The average Bonchev–Trinajstić information content (AvgIpc) is 3.15. The van der Waals surface area contributed by atoms with E-state index in [1.54, 1.807) is 19.0 Å². The van der Waals surface area contributed by atoms with Crippen molar-refractivity contribution >= 4 is 47.6 Å². The summed E-state index contributed by atoms with van der Waals surface area (Å²) in [5.74, 6) is 2.32. The van der Waals surface area contributed by atoms with Gasteiger partial charge in [-0.2, -0.15) is 0 Å². The maximum atomic E-state index is 11.9. The third kappa shape index (κ3) is 9.00. The van der Waals surface area contributed by atoms with Crippen LogP contribution in [-0.4, -0.2) is 80.9 Å². The first-order chi connectivity index (χ1) is 13.1. The Hall–Kier alpha value is -1.000. The Labute approximate surface area is 190 Å². The Morgan fingerprint density at radius 3 is 2.79 bits per heavy atom. The van der Waals surface area contributed by atoms with Gasteiger partial charge < -0.3 is 19.9 Å². The van der Waals surface area contributed by atoms with E-state index in [-0.39, 0.29) is 36.4 Å². The number of carbonyl (C=O) groups is 1. The van der Waals surface area contributed by atoms with Gasteiger partial charge in [-0.25, -0.2) is 4.99 Å². The Morgan fingerprint density at radius 2 is 2.11 bits per heavy atom. The van der Waals surface area contributed by atoms with Crippen molar-refractivity contribution in [3.63, 3.8) is 0 Å². The van der Waals surface area contributed by atoms with Crippen LogP contribution in [0.2, 0.25) is 0 Å². The number of likely N-dealkylation sites (N-methyl/N-ethyl adjacent to an activating group) is 1. The quantitative estimate of drug-likeness (QED) is 0.179. The highest BCUT2D eigenvalue weighted by Crippen LogP contribution is 2.18. The Morgan fingerprint density at radius 1 is 1.36 bits per heavy atom. The van der Waals surface area contributed by atoms with Crippen LogP contribution in [0.5, 0.6) is 0 Å². The number of halogens is 1. The van der Waals surface area contributed by atoms with E-state index in [4.69, 9.17) is 4.74 Å². The second-order valence-corrected chi connectivity index (χ2v) is 7.94. The van der Waals surface area contributed by atoms with Crippen molar-refractivity contribution in [1.82, 2.24) is 15.1 Å². The number of ether oxygens (including phenoxy) is 1. The largest absolute Gasteiger partial charge is 0.381 e. The number of benzene rings is 1. The zero-order chi connectivity index (χ0) is 19.5. The van der Waals surface area contributed by atoms with E-state index in [1.807, 2.05) is 24.8 Å². The van der Waals surface area contributed by atoms with Gasteiger partial charge in [0.15, 0.2) is 5.96 Å². The minimum absolute atomic E-state index is 0. The third-order valence-corrected chi connectivity index (χ3v) is 5.42. The lowest BCUT2D eigenvalue weighted by Gasteiger charge is -2.22. The second-order valence-electron chi connectivity index (χ2n) is 6.78. The molecule has 1 unspecified atom stereocenters. The molecule has 2 rings (SSSR count). The fourth-order valence-corrected chi connectivity index (χ4v) is 3.64. The van der Waals surface area contributed by atoms with E-state index >= 15 is 0 Å². The predicted octanol–water partition coefficient (Wildman–Crippen LogP) is 2.79. The maximum absolute atomic E-state index is 11.9. The Kier molecular flexibility index (Phi) is 12.6. The summed E-state index contributed by atoms with van der Waals surface area (Å²) in [6.07, 6.45) is 1.10. The first-order valence-corrected chi connectivity index (χ1v) is 10.6. The molecule has 1 fully saturated rings. The van der Waals surface area contributed by atoms with Crippen LogP contribution in [0.4, 0.5) is 0 Å². The third-order valence-electron chi connectivity index (χ3n) is 4.40. The molecule has 6 nitrogen and oxygen atoms in total. The van der Waals surface area contributed by atoms with Crippen molar-refractivity contribution < 1.29 is 9.53 Å². The summed E-state index contributed by atoms with van der Waals surface area (Å²) in [5.41, 5.74) is 0. The number of rotatable bonds is 9. The number of carbonyl (C=O) groups excluding carboxylic acids is 1. The minimum Gasteiger partial charge on any atom is -0.381 e. The van der Waals surface area contributed by atoms with Crippen LogP contribution in [0, 0.1) is 5.92 Å². The molecular formula is C20H33IN4O2S. The standard InChI is InChI=1S/C20H32N4O2S.HI/c1-4-26-16-17-10-12-24(15-17)20(22-14-19(25)23(2)3)21-11-13-27-18-8-6-5-7-9-18;/h5-9,17H,4,10-16H2,1-3H3,(H,21,22);1H. The normalized spacial score (nSPS) is 16.6. The summed E-state index contributed by atoms with van der Waals surface area (Å²) in [6.45, 7) is 6.43. The highest BCUT2D eigenvalue weighted by molar-refractivity contribution is 14.0. The molecule has 1 amide bonds. The fraction of sp³-hybridized carbons (Fsp3) is 0.600. The zero-order valence-corrected chi connectivity index (χ0v) is 20.2. The van der Waals surface area contributed by atoms with E-state index in [2.05, 4.69) is 39.5 Å². The van der Waals surface area contributed by atoms with Crippen LogP contribution in [0.1, 0.15) is 13.3 Å². The molecule has 158 valence electrons. The molecule has 1 N–H and O–H groups in total. The molecule has 0 aromatic heterocycles. The molecule has 0 saturated carbocycles. The average molecular weight is 520 g/mol. The van der Waals surface area contributed by atoms with Crippen molar-refractivity contribution in [3.8, 4) is 0 Å². The minimum atomic E-state index is 0. The number of hydrogen-bond acceptors (Lipinski definition) is 4. The van der Waals surface area contributed by atoms with Crippen molar-refractivity contribution in [2.24, 2.45) is 10.9 Å². The van der Waals surface area contributed by atoms with Crippen molar-refractivity contribution in [3.05, 3.63) is 30.3 Å². The Balaban J connectivity index is 0.00000392. The number of nitrogens with one attached hydrogen (secondary N) is 1. The molecule has 1 aliphatic rings. The van der Waals surface area contributed by atoms with Crippen LogP contribution in [-0.2, 0) is 9.53 Å². The smallest absolute Gasteiger partial charge is 0.243 e. The Bertz CT molecular complexity index is 601. The molecule has 0 aliphatic carbocycles. The molecule has 1 heterocycles. The zero-order valence-electron chi connectivity index (χ0n) is 17.1. The summed E-state index contributed by atoms with van der Waals surface area (Å²) in [4.78, 5) is 21.6. The van der Waals surface area contributed by atoms with E-state index in [0.717, 1.165) is 51.0 Å². The molecule has 1 aliphatic heterocycles. The van der Waals surface area contributed by atoms with Gasteiger partial charge in [0.2, 0.25) is 5.91 Å². The second kappa shape index (κ2) is 14.1. The summed E-state index contributed by atoms with van der Waals surface area (Å²) in [5, 5.41) is 3.45. The predicted molar refractivity (Wildman–Crippen MR) is 128 cm³/mol. The summed E-state index contributed by atoms with van der Waals surface area (Å²) < 4.78 is 5.57. The molecule has 28 heavy (non-hydrogen) atoms. The molecule has 8 heteroatoms. The lowest BCUT2D eigenvalue weighted by molar-refractivity contribution is -0.127. The van der Waals surface area contributed by atoms with Crippen molar-refractivity contribution in [2.75, 3.05) is 59.2 Å². The topological polar surface area (TPSA) is 57.2 Å². The molecule has 1 aromatic carbocycles. The number of guanidine groups is 1. The summed E-state index contributed by atoms with van der Waals surface area (Å²) >= 11 is 1.81. The van der Waals surface area contributed by atoms with Gasteiger partial charge in [-0.15, -0.1) is 35.7 Å². The van der Waals surface area contributed by atoms with Crippen molar-refractivity contribution in [2.45, 2.75) is 18.2 Å². The van der Waals surface area contributed by atoms with Crippen LogP contribution in [0.3, 0.4) is 0 Å². The molecule has 1 saturated heterocycles. The van der Waals surface area contributed by atoms with Crippen LogP contribution >= 0.6 is 35.7 Å². The highest BCUT2D eigenvalue weighted by atomic mass is 127. The van der Waals surface area contributed by atoms with Gasteiger partial charge in [-0.1, -0.05) is 18.2 Å². The monoisotopic (exact) mass is 520 g/mol. The number of likely N-dealkylation sites (tertiary alicyclic amines) is 1. The number of hydrogen-bond donors (Lipinski definition) is 1. The van der Waals surface area contributed by atoms with E-state index in [1.165, 1.54) is 4.90 Å². The summed E-state index contributed by atoms with van der Waals surface area (Å²) in [7, 11) is 3.52. The van der Waals surface area contributed by atoms with Gasteiger partial charge in [0, 0.05) is 56.9 Å². The molecule has 1 atom stereocenters. The number of amides is 1. The van der Waals surface area contributed by atoms with Gasteiger partial charge in [-0.05, 0) is 25.5 Å². The van der Waals surface area contributed by atoms with Gasteiger partial charge >= 0.3 is 0 Å². The maximum Gasteiger partial charge on any atom is 0.243 e. The van der Waals surface area contributed by atoms with E-state index in [9.17, 15) is 4.79 Å². The van der Waals surface area contributed by atoms with E-state index < -0.39 is 0 Å². The van der Waals surface area contributed by atoms with Gasteiger partial charge in [0.1, 0.15) is 6.54 Å². The summed E-state index contributed by atoms with van der Waals surface area (Å²) in [6, 6.07) is 10.4. The lowest BCUT2D eigenvalue weighted by Crippen LogP contribution is -2.42. The number of aliphatic imine (C=N–C) groups is 1. The van der Waals surface area contributed by atoms with Crippen molar-refractivity contribution in [1.29, 1.82) is 0 Å². The fourth-order valence-electron chi connectivity index (χ4n) is 2.85. The van der Waals surface area contributed by atoms with Gasteiger partial charge in [-0.3, -0.25) is 4.79 Å². The van der Waals surface area contributed by atoms with Gasteiger partial charge in [0.25, 0.3) is 0 Å². The first kappa shape index (κ1) is 25.0. The van der Waals surface area contributed by atoms with Crippen LogP contribution in [0.25, 0.3) is 0 Å². The van der Waals surface area contributed by atoms with Crippen LogP contribution < -0.4 is 5.32 Å². The number of nitrogens with zero attached hydrogens (tertiary/aromatic N) is 3. The molecule has 0 bridgehead atoms. The first-order valence-electron chi connectivity index (χ1n) is 9.59. The van der Waals surface area contributed by atoms with Crippen LogP contribution in [0.15, 0.2) is 40.2 Å². The SMILES string of the molecule is CCOCC1CCN(C(=NCC(=O)N(C)C)NCCSc2ccccc2)C1.I. The number of thioether (sulfide) groups is 1.